The third kappa shape index (κ3) is 5.86. The average molecular weight is 347 g/mol. The van der Waals surface area contributed by atoms with E-state index in [9.17, 15) is 5.11 Å². The van der Waals surface area contributed by atoms with Crippen molar-refractivity contribution in [3.05, 3.63) is 42.0 Å². The molecule has 140 valence electrons. The van der Waals surface area contributed by atoms with Crippen LogP contribution in [0.2, 0.25) is 0 Å². The number of ether oxygens (including phenoxy) is 2. The molecule has 0 spiro atoms. The van der Waals surface area contributed by atoms with Crippen LogP contribution in [0.15, 0.2) is 36.4 Å². The molecule has 3 atom stereocenters. The zero-order valence-electron chi connectivity index (χ0n) is 16.2. The van der Waals surface area contributed by atoms with Crippen LogP contribution < -0.4 is 4.74 Å². The molecule has 1 aromatic rings. The molecular formula is C22H34O3. The number of aliphatic hydroxyl groups is 1. The van der Waals surface area contributed by atoms with Gasteiger partial charge in [-0.05, 0) is 54.7 Å². The van der Waals surface area contributed by atoms with E-state index in [0.717, 1.165) is 30.6 Å². The predicted octanol–water partition coefficient (Wildman–Crippen LogP) is 4.98. The van der Waals surface area contributed by atoms with Gasteiger partial charge < -0.3 is 14.6 Å². The fourth-order valence-corrected chi connectivity index (χ4v) is 3.98. The summed E-state index contributed by atoms with van der Waals surface area (Å²) in [6, 6.07) is 7.94. The first-order valence-electron chi connectivity index (χ1n) is 9.55. The van der Waals surface area contributed by atoms with Gasteiger partial charge in [0, 0.05) is 0 Å². The monoisotopic (exact) mass is 346 g/mol. The van der Waals surface area contributed by atoms with Crippen molar-refractivity contribution >= 4 is 0 Å². The summed E-state index contributed by atoms with van der Waals surface area (Å²) in [6.07, 6.45) is 8.19. The minimum Gasteiger partial charge on any atom is -0.497 e. The first kappa shape index (κ1) is 20.0. The molecule has 3 heteroatoms. The molecule has 1 aliphatic carbocycles. The first-order valence-corrected chi connectivity index (χ1v) is 9.55. The number of hydrogen-bond acceptors (Lipinski definition) is 3. The molecule has 0 unspecified atom stereocenters. The minimum absolute atomic E-state index is 0.361. The number of hydrogen-bond donors (Lipinski definition) is 1. The lowest BCUT2D eigenvalue weighted by Crippen LogP contribution is -2.43. The van der Waals surface area contributed by atoms with Crippen molar-refractivity contribution in [2.24, 2.45) is 17.8 Å². The molecule has 3 nitrogen and oxygen atoms in total. The zero-order chi connectivity index (χ0) is 18.3. The molecule has 1 aliphatic rings. The van der Waals surface area contributed by atoms with Crippen molar-refractivity contribution in [1.82, 2.24) is 0 Å². The van der Waals surface area contributed by atoms with E-state index in [1.165, 1.54) is 6.42 Å². The molecule has 1 fully saturated rings. The van der Waals surface area contributed by atoms with E-state index in [-0.39, 0.29) is 0 Å². The van der Waals surface area contributed by atoms with Crippen molar-refractivity contribution in [3.63, 3.8) is 0 Å². The van der Waals surface area contributed by atoms with Gasteiger partial charge in [0.25, 0.3) is 0 Å². The lowest BCUT2D eigenvalue weighted by Gasteiger charge is -2.43. The fourth-order valence-electron chi connectivity index (χ4n) is 3.98. The van der Waals surface area contributed by atoms with Gasteiger partial charge in [-0.15, -0.1) is 0 Å². The summed E-state index contributed by atoms with van der Waals surface area (Å²) in [5.41, 5.74) is 0.492. The minimum atomic E-state index is -0.651. The second-order valence-corrected chi connectivity index (χ2v) is 7.82. The van der Waals surface area contributed by atoms with Crippen LogP contribution in [0.25, 0.3) is 0 Å². The van der Waals surface area contributed by atoms with Crippen molar-refractivity contribution in [2.45, 2.75) is 58.7 Å². The van der Waals surface area contributed by atoms with Crippen LogP contribution in [0.4, 0.5) is 0 Å². The van der Waals surface area contributed by atoms with Crippen molar-refractivity contribution < 1.29 is 14.6 Å². The summed E-state index contributed by atoms with van der Waals surface area (Å²) >= 11 is 0. The lowest BCUT2D eigenvalue weighted by atomic mass is 9.67. The van der Waals surface area contributed by atoms with Gasteiger partial charge in [-0.2, -0.15) is 0 Å². The van der Waals surface area contributed by atoms with Crippen LogP contribution in [0.5, 0.6) is 5.75 Å². The maximum atomic E-state index is 11.1. The molecule has 25 heavy (non-hydrogen) atoms. The van der Waals surface area contributed by atoms with Gasteiger partial charge in [-0.1, -0.05) is 51.5 Å². The third-order valence-corrected chi connectivity index (χ3v) is 5.36. The van der Waals surface area contributed by atoms with Gasteiger partial charge in [0.1, 0.15) is 5.75 Å². The molecule has 1 aromatic carbocycles. The zero-order valence-corrected chi connectivity index (χ0v) is 16.2. The largest absolute Gasteiger partial charge is 0.497 e. The number of rotatable bonds is 8. The van der Waals surface area contributed by atoms with Gasteiger partial charge in [0.05, 0.1) is 25.9 Å². The summed E-state index contributed by atoms with van der Waals surface area (Å²) < 4.78 is 10.9. The standard InChI is InChI=1S/C22H34O3/c1-17(2)21-12-7-18(3)15-22(21,23)13-5-6-14-25-16-19-8-10-20(24-4)11-9-19/h5,8-11,13,17-18,21,23H,6-7,12,14-16H2,1-4H3/b13-5+/t18-,21+,22+/m1/s1. The molecule has 0 bridgehead atoms. The second-order valence-electron chi connectivity index (χ2n) is 7.82. The van der Waals surface area contributed by atoms with Gasteiger partial charge in [-0.3, -0.25) is 0 Å². The molecule has 0 aliphatic heterocycles. The van der Waals surface area contributed by atoms with E-state index < -0.39 is 5.60 Å². The predicted molar refractivity (Wildman–Crippen MR) is 103 cm³/mol. The van der Waals surface area contributed by atoms with Crippen LogP contribution in [0.3, 0.4) is 0 Å². The Morgan fingerprint density at radius 3 is 2.60 bits per heavy atom. The van der Waals surface area contributed by atoms with E-state index in [0.29, 0.717) is 31.0 Å². The molecule has 0 saturated heterocycles. The Kier molecular flexibility index (Phi) is 7.52. The Morgan fingerprint density at radius 1 is 1.24 bits per heavy atom. The first-order chi connectivity index (χ1) is 11.9. The Labute approximate surface area is 153 Å². The van der Waals surface area contributed by atoms with Crippen LogP contribution >= 0.6 is 0 Å². The highest BCUT2D eigenvalue weighted by Crippen LogP contribution is 2.41. The summed E-state index contributed by atoms with van der Waals surface area (Å²) in [7, 11) is 1.67. The molecule has 1 N–H and O–H groups in total. The Balaban J connectivity index is 1.77. The van der Waals surface area contributed by atoms with E-state index >= 15 is 0 Å². The Morgan fingerprint density at radius 2 is 1.96 bits per heavy atom. The van der Waals surface area contributed by atoms with Gasteiger partial charge in [0.15, 0.2) is 0 Å². The number of benzene rings is 1. The van der Waals surface area contributed by atoms with Gasteiger partial charge in [-0.25, -0.2) is 0 Å². The maximum absolute atomic E-state index is 11.1. The Bertz CT molecular complexity index is 535. The van der Waals surface area contributed by atoms with Crippen LogP contribution in [-0.4, -0.2) is 24.4 Å². The molecule has 0 amide bonds. The van der Waals surface area contributed by atoms with Crippen LogP contribution in [0.1, 0.15) is 52.0 Å². The molecular weight excluding hydrogens is 312 g/mol. The highest BCUT2D eigenvalue weighted by molar-refractivity contribution is 5.26. The topological polar surface area (TPSA) is 38.7 Å². The number of methoxy groups -OCH3 is 1. The molecule has 0 aromatic heterocycles. The van der Waals surface area contributed by atoms with Crippen molar-refractivity contribution in [1.29, 1.82) is 0 Å². The lowest BCUT2D eigenvalue weighted by molar-refractivity contribution is -0.0410. The molecule has 2 rings (SSSR count). The molecule has 0 radical (unpaired) electrons. The maximum Gasteiger partial charge on any atom is 0.118 e. The SMILES string of the molecule is COc1ccc(COCC/C=C/[C@]2(O)C[C@H](C)CC[C@H]2C(C)C)cc1. The summed E-state index contributed by atoms with van der Waals surface area (Å²) in [5, 5.41) is 11.1. The van der Waals surface area contributed by atoms with Crippen molar-refractivity contribution in [2.75, 3.05) is 13.7 Å². The second kappa shape index (κ2) is 9.40. The van der Waals surface area contributed by atoms with E-state index in [1.54, 1.807) is 7.11 Å². The Hall–Kier alpha value is -1.32. The highest BCUT2D eigenvalue weighted by atomic mass is 16.5. The quantitative estimate of drug-likeness (QED) is 0.533. The van der Waals surface area contributed by atoms with Crippen LogP contribution in [-0.2, 0) is 11.3 Å². The highest BCUT2D eigenvalue weighted by Gasteiger charge is 2.40. The summed E-state index contributed by atoms with van der Waals surface area (Å²) in [4.78, 5) is 0. The summed E-state index contributed by atoms with van der Waals surface area (Å²) in [6.45, 7) is 7.95. The normalized spacial score (nSPS) is 27.1. The summed E-state index contributed by atoms with van der Waals surface area (Å²) in [5.74, 6) is 2.32. The fraction of sp³-hybridized carbons (Fsp3) is 0.636. The van der Waals surface area contributed by atoms with Gasteiger partial charge >= 0.3 is 0 Å². The van der Waals surface area contributed by atoms with Gasteiger partial charge in [0.2, 0.25) is 0 Å². The van der Waals surface area contributed by atoms with Crippen molar-refractivity contribution in [3.8, 4) is 5.75 Å². The van der Waals surface area contributed by atoms with E-state index in [2.05, 4.69) is 26.8 Å². The average Bonchev–Trinajstić information content (AvgIpc) is 2.58. The molecule has 1 saturated carbocycles. The van der Waals surface area contributed by atoms with E-state index in [1.807, 2.05) is 30.3 Å². The van der Waals surface area contributed by atoms with E-state index in [4.69, 9.17) is 9.47 Å². The third-order valence-electron chi connectivity index (χ3n) is 5.36. The molecule has 0 heterocycles. The van der Waals surface area contributed by atoms with Crippen LogP contribution in [0, 0.1) is 17.8 Å². The smallest absolute Gasteiger partial charge is 0.118 e.